The van der Waals surface area contributed by atoms with E-state index in [9.17, 15) is 13.2 Å². The summed E-state index contributed by atoms with van der Waals surface area (Å²) in [5.41, 5.74) is 0. The predicted octanol–water partition coefficient (Wildman–Crippen LogP) is -1.36. The molecule has 106 valence electrons. The molecule has 8 heteroatoms. The van der Waals surface area contributed by atoms with Gasteiger partial charge in [-0.1, -0.05) is 6.92 Å². The van der Waals surface area contributed by atoms with Gasteiger partial charge in [0.25, 0.3) is 10.2 Å². The molecule has 1 heterocycles. The Morgan fingerprint density at radius 3 is 2.56 bits per heavy atom. The fourth-order valence-corrected chi connectivity index (χ4v) is 3.00. The number of nitrogens with one attached hydrogen (secondary N) is 3. The van der Waals surface area contributed by atoms with Crippen molar-refractivity contribution in [2.75, 3.05) is 32.7 Å². The van der Waals surface area contributed by atoms with Crippen LogP contribution in [-0.2, 0) is 15.0 Å². The van der Waals surface area contributed by atoms with Gasteiger partial charge in [-0.15, -0.1) is 0 Å². The molecule has 1 aliphatic heterocycles. The van der Waals surface area contributed by atoms with Gasteiger partial charge in [0.05, 0.1) is 6.04 Å². The lowest BCUT2D eigenvalue weighted by atomic mass is 10.3. The zero-order valence-corrected chi connectivity index (χ0v) is 11.7. The lowest BCUT2D eigenvalue weighted by Crippen LogP contribution is -2.54. The van der Waals surface area contributed by atoms with Crippen LogP contribution < -0.4 is 15.4 Å². The topological polar surface area (TPSA) is 90.5 Å². The van der Waals surface area contributed by atoms with Crippen LogP contribution in [0.25, 0.3) is 0 Å². The Kier molecular flexibility index (Phi) is 6.00. The molecule has 1 saturated heterocycles. The second-order valence-electron chi connectivity index (χ2n) is 4.28. The number of hydrogen-bond donors (Lipinski definition) is 3. The third-order valence-electron chi connectivity index (χ3n) is 2.68. The number of hydrogen-bond acceptors (Lipinski definition) is 4. The molecule has 0 spiro atoms. The molecule has 1 amide bonds. The van der Waals surface area contributed by atoms with E-state index in [4.69, 9.17) is 0 Å². The number of piperazine rings is 1. The van der Waals surface area contributed by atoms with Gasteiger partial charge in [-0.25, -0.2) is 0 Å². The predicted molar refractivity (Wildman–Crippen MR) is 69.3 cm³/mol. The first-order valence-electron chi connectivity index (χ1n) is 6.23. The van der Waals surface area contributed by atoms with E-state index >= 15 is 0 Å². The van der Waals surface area contributed by atoms with Gasteiger partial charge in [-0.3, -0.25) is 4.79 Å². The lowest BCUT2D eigenvalue weighted by molar-refractivity contribution is -0.122. The zero-order chi connectivity index (χ0) is 13.6. The number of amides is 1. The maximum absolute atomic E-state index is 12.0. The molecule has 0 saturated carbocycles. The summed E-state index contributed by atoms with van der Waals surface area (Å²) >= 11 is 0. The summed E-state index contributed by atoms with van der Waals surface area (Å²) in [7, 11) is -3.57. The number of nitrogens with zero attached hydrogens (tertiary/aromatic N) is 1. The Morgan fingerprint density at radius 2 is 2.00 bits per heavy atom. The van der Waals surface area contributed by atoms with Gasteiger partial charge >= 0.3 is 0 Å². The molecule has 1 fully saturated rings. The van der Waals surface area contributed by atoms with Crippen LogP contribution in [0.2, 0.25) is 0 Å². The summed E-state index contributed by atoms with van der Waals surface area (Å²) < 4.78 is 27.7. The van der Waals surface area contributed by atoms with E-state index in [1.807, 2.05) is 6.92 Å². The summed E-state index contributed by atoms with van der Waals surface area (Å²) in [5.74, 6) is -0.296. The molecule has 18 heavy (non-hydrogen) atoms. The summed E-state index contributed by atoms with van der Waals surface area (Å²) in [6.45, 7) is 6.17. The van der Waals surface area contributed by atoms with Crippen molar-refractivity contribution in [3.63, 3.8) is 0 Å². The second kappa shape index (κ2) is 7.03. The van der Waals surface area contributed by atoms with Gasteiger partial charge in [0.1, 0.15) is 0 Å². The smallest absolute Gasteiger partial charge is 0.280 e. The zero-order valence-electron chi connectivity index (χ0n) is 10.9. The van der Waals surface area contributed by atoms with Crippen LogP contribution in [0.15, 0.2) is 0 Å². The largest absolute Gasteiger partial charge is 0.355 e. The molecule has 3 N–H and O–H groups in total. The van der Waals surface area contributed by atoms with E-state index in [1.54, 1.807) is 6.92 Å². The number of carbonyl (C=O) groups excluding carboxylic acids is 1. The molecule has 0 aromatic carbocycles. The highest BCUT2D eigenvalue weighted by molar-refractivity contribution is 7.87. The Balaban J connectivity index is 2.50. The van der Waals surface area contributed by atoms with Crippen molar-refractivity contribution < 1.29 is 13.2 Å². The maximum atomic E-state index is 12.0. The molecule has 0 aromatic heterocycles. The standard InChI is InChI=1S/C10H22N4O3S/c1-3-4-12-10(15)9(2)13-18(16,17)14-7-5-11-6-8-14/h9,11,13H,3-8H2,1-2H3,(H,12,15). The molecule has 1 rings (SSSR count). The Morgan fingerprint density at radius 1 is 1.39 bits per heavy atom. The van der Waals surface area contributed by atoms with Gasteiger partial charge < -0.3 is 10.6 Å². The van der Waals surface area contributed by atoms with Gasteiger partial charge in [-0.2, -0.15) is 17.4 Å². The number of rotatable bonds is 6. The highest BCUT2D eigenvalue weighted by Crippen LogP contribution is 2.01. The van der Waals surface area contributed by atoms with Crippen LogP contribution in [-0.4, -0.2) is 57.4 Å². The number of carbonyl (C=O) groups is 1. The van der Waals surface area contributed by atoms with Crippen LogP contribution >= 0.6 is 0 Å². The summed E-state index contributed by atoms with van der Waals surface area (Å²) in [6, 6.07) is -0.753. The van der Waals surface area contributed by atoms with Crippen molar-refractivity contribution in [3.05, 3.63) is 0 Å². The average Bonchev–Trinajstić information content (AvgIpc) is 2.36. The van der Waals surface area contributed by atoms with Crippen LogP contribution in [0.1, 0.15) is 20.3 Å². The Hall–Kier alpha value is -0.700. The molecule has 1 atom stereocenters. The SMILES string of the molecule is CCCNC(=O)C(C)NS(=O)(=O)N1CCNCC1. The average molecular weight is 278 g/mol. The third kappa shape index (κ3) is 4.52. The van der Waals surface area contributed by atoms with Crippen LogP contribution in [0.5, 0.6) is 0 Å². The van der Waals surface area contributed by atoms with Crippen LogP contribution in [0.4, 0.5) is 0 Å². The molecule has 7 nitrogen and oxygen atoms in total. The first kappa shape index (κ1) is 15.4. The van der Waals surface area contributed by atoms with E-state index < -0.39 is 16.3 Å². The molecular formula is C10H22N4O3S. The minimum Gasteiger partial charge on any atom is -0.355 e. The minimum atomic E-state index is -3.57. The third-order valence-corrected chi connectivity index (χ3v) is 4.38. The maximum Gasteiger partial charge on any atom is 0.280 e. The minimum absolute atomic E-state index is 0.296. The fourth-order valence-electron chi connectivity index (χ4n) is 1.64. The first-order chi connectivity index (χ1) is 8.47. The summed E-state index contributed by atoms with van der Waals surface area (Å²) in [4.78, 5) is 11.6. The van der Waals surface area contributed by atoms with Gasteiger partial charge in [-0.05, 0) is 13.3 Å². The Bertz CT molecular complexity index is 365. The van der Waals surface area contributed by atoms with E-state index in [2.05, 4.69) is 15.4 Å². The first-order valence-corrected chi connectivity index (χ1v) is 7.67. The normalized spacial score (nSPS) is 19.4. The van der Waals surface area contributed by atoms with Crippen molar-refractivity contribution in [1.82, 2.24) is 19.7 Å². The molecule has 1 unspecified atom stereocenters. The lowest BCUT2D eigenvalue weighted by Gasteiger charge is -2.27. The van der Waals surface area contributed by atoms with E-state index in [0.717, 1.165) is 6.42 Å². The van der Waals surface area contributed by atoms with Gasteiger partial charge in [0.2, 0.25) is 5.91 Å². The highest BCUT2D eigenvalue weighted by Gasteiger charge is 2.27. The van der Waals surface area contributed by atoms with Crippen molar-refractivity contribution in [3.8, 4) is 0 Å². The van der Waals surface area contributed by atoms with E-state index in [0.29, 0.717) is 32.7 Å². The van der Waals surface area contributed by atoms with E-state index in [1.165, 1.54) is 4.31 Å². The second-order valence-corrected chi connectivity index (χ2v) is 5.99. The monoisotopic (exact) mass is 278 g/mol. The van der Waals surface area contributed by atoms with Crippen LogP contribution in [0.3, 0.4) is 0 Å². The molecule has 0 aromatic rings. The summed E-state index contributed by atoms with van der Waals surface area (Å²) in [6.07, 6.45) is 0.822. The summed E-state index contributed by atoms with van der Waals surface area (Å²) in [5, 5.41) is 5.74. The quantitative estimate of drug-likeness (QED) is 0.560. The van der Waals surface area contributed by atoms with Crippen molar-refractivity contribution in [1.29, 1.82) is 0 Å². The van der Waals surface area contributed by atoms with Crippen molar-refractivity contribution in [2.45, 2.75) is 26.3 Å². The van der Waals surface area contributed by atoms with Crippen LogP contribution in [0, 0.1) is 0 Å². The molecule has 1 aliphatic rings. The fraction of sp³-hybridized carbons (Fsp3) is 0.900. The van der Waals surface area contributed by atoms with Gasteiger partial charge in [0, 0.05) is 32.7 Å². The molecular weight excluding hydrogens is 256 g/mol. The van der Waals surface area contributed by atoms with Crippen molar-refractivity contribution in [2.24, 2.45) is 0 Å². The van der Waals surface area contributed by atoms with Gasteiger partial charge in [0.15, 0.2) is 0 Å². The Labute approximate surface area is 108 Å². The molecule has 0 aliphatic carbocycles. The van der Waals surface area contributed by atoms with E-state index in [-0.39, 0.29) is 5.91 Å². The molecule has 0 bridgehead atoms. The highest BCUT2D eigenvalue weighted by atomic mass is 32.2. The van der Waals surface area contributed by atoms with Crippen molar-refractivity contribution >= 4 is 16.1 Å². The molecule has 0 radical (unpaired) electrons.